The molecular weight excluding hydrogens is 370 g/mol. The molecule has 146 valence electrons. The summed E-state index contributed by atoms with van der Waals surface area (Å²) in [5.41, 5.74) is 2.37. The minimum absolute atomic E-state index is 0.0374. The lowest BCUT2D eigenvalue weighted by atomic mass is 10.1. The molecule has 1 aliphatic rings. The molecule has 1 aliphatic heterocycles. The van der Waals surface area contributed by atoms with Gasteiger partial charge in [0.15, 0.2) is 11.5 Å². The molecular formula is C18H17N3O7. The maximum Gasteiger partial charge on any atom is 0.311 e. The van der Waals surface area contributed by atoms with Crippen LogP contribution in [0.4, 0.5) is 5.69 Å². The van der Waals surface area contributed by atoms with Crippen LogP contribution in [0.3, 0.4) is 0 Å². The summed E-state index contributed by atoms with van der Waals surface area (Å²) in [6, 6.07) is 9.61. The molecule has 10 heteroatoms. The van der Waals surface area contributed by atoms with Crippen molar-refractivity contribution in [1.82, 2.24) is 5.43 Å². The van der Waals surface area contributed by atoms with E-state index in [2.05, 4.69) is 10.5 Å². The fourth-order valence-electron chi connectivity index (χ4n) is 2.54. The highest BCUT2D eigenvalue weighted by Crippen LogP contribution is 2.33. The van der Waals surface area contributed by atoms with Gasteiger partial charge in [0, 0.05) is 17.7 Å². The molecule has 1 heterocycles. The molecule has 2 aromatic rings. The van der Waals surface area contributed by atoms with Crippen LogP contribution in [-0.4, -0.2) is 44.0 Å². The van der Waals surface area contributed by atoms with Gasteiger partial charge in [0.05, 0.1) is 25.4 Å². The summed E-state index contributed by atoms with van der Waals surface area (Å²) in [7, 11) is 2.72. The molecule has 1 atom stereocenters. The molecule has 0 spiro atoms. The zero-order valence-corrected chi connectivity index (χ0v) is 15.1. The van der Waals surface area contributed by atoms with Crippen molar-refractivity contribution in [3.05, 3.63) is 52.1 Å². The van der Waals surface area contributed by atoms with Crippen LogP contribution < -0.4 is 24.4 Å². The number of hydrogen-bond donors (Lipinski definition) is 1. The summed E-state index contributed by atoms with van der Waals surface area (Å²) in [5.74, 6) is 0.851. The zero-order valence-electron chi connectivity index (χ0n) is 15.1. The summed E-state index contributed by atoms with van der Waals surface area (Å²) in [6.07, 6.45) is 0.361. The van der Waals surface area contributed by atoms with Gasteiger partial charge >= 0.3 is 5.69 Å². The Morgan fingerprint density at radius 3 is 2.64 bits per heavy atom. The number of hydrogen-bond acceptors (Lipinski definition) is 8. The normalized spacial score (nSPS) is 15.1. The highest BCUT2D eigenvalue weighted by atomic mass is 16.6. The summed E-state index contributed by atoms with van der Waals surface area (Å²) in [6.45, 7) is 0.0374. The number of benzene rings is 2. The van der Waals surface area contributed by atoms with Gasteiger partial charge in [-0.05, 0) is 12.1 Å². The summed E-state index contributed by atoms with van der Waals surface area (Å²) in [5, 5.41) is 15.0. The first-order chi connectivity index (χ1) is 13.5. The molecule has 0 aromatic heterocycles. The molecule has 0 bridgehead atoms. The average Bonchev–Trinajstić information content (AvgIpc) is 2.72. The molecule has 0 saturated carbocycles. The van der Waals surface area contributed by atoms with Crippen LogP contribution in [0.1, 0.15) is 5.56 Å². The smallest absolute Gasteiger partial charge is 0.311 e. The van der Waals surface area contributed by atoms with Crippen molar-refractivity contribution in [1.29, 1.82) is 0 Å². The number of fused-ring (bicyclic) bond motifs is 1. The molecule has 1 amide bonds. The lowest BCUT2D eigenvalue weighted by Gasteiger charge is -2.24. The predicted molar refractivity (Wildman–Crippen MR) is 98.3 cm³/mol. The zero-order chi connectivity index (χ0) is 20.1. The standard InChI is InChI=1S/C18H17N3O7/c1-25-15-8-16(26-2)12(21(23)24)7-11(15)9-19-20-18(22)17-10-27-13-5-3-4-6-14(13)28-17/h3-9,17H,10H2,1-2H3,(H,20,22). The third-order valence-electron chi connectivity index (χ3n) is 3.91. The number of methoxy groups -OCH3 is 2. The molecule has 2 aromatic carbocycles. The van der Waals surface area contributed by atoms with Gasteiger partial charge in [0.1, 0.15) is 12.4 Å². The van der Waals surface area contributed by atoms with Gasteiger partial charge in [-0.2, -0.15) is 5.10 Å². The SMILES string of the molecule is COc1cc(OC)c([N+](=O)[O-])cc1C=NNC(=O)C1COc2ccccc2O1. The van der Waals surface area contributed by atoms with Crippen molar-refractivity contribution in [3.63, 3.8) is 0 Å². The first-order valence-corrected chi connectivity index (χ1v) is 8.15. The summed E-state index contributed by atoms with van der Waals surface area (Å²) < 4.78 is 21.2. The number of nitrogens with one attached hydrogen (secondary N) is 1. The quantitative estimate of drug-likeness (QED) is 0.456. The van der Waals surface area contributed by atoms with Crippen molar-refractivity contribution in [2.75, 3.05) is 20.8 Å². The van der Waals surface area contributed by atoms with Gasteiger partial charge in [0.25, 0.3) is 5.91 Å². The van der Waals surface area contributed by atoms with Gasteiger partial charge < -0.3 is 18.9 Å². The Morgan fingerprint density at radius 2 is 1.96 bits per heavy atom. The van der Waals surface area contributed by atoms with Crippen LogP contribution in [-0.2, 0) is 4.79 Å². The molecule has 0 radical (unpaired) electrons. The van der Waals surface area contributed by atoms with Gasteiger partial charge in [-0.3, -0.25) is 14.9 Å². The number of para-hydroxylation sites is 2. The number of nitro benzene ring substituents is 1. The van der Waals surface area contributed by atoms with Crippen LogP contribution in [0.15, 0.2) is 41.5 Å². The second kappa shape index (κ2) is 8.25. The Morgan fingerprint density at radius 1 is 1.25 bits per heavy atom. The summed E-state index contributed by atoms with van der Waals surface area (Å²) in [4.78, 5) is 22.8. The van der Waals surface area contributed by atoms with Crippen molar-refractivity contribution in [2.45, 2.75) is 6.10 Å². The minimum Gasteiger partial charge on any atom is -0.496 e. The number of carbonyl (C=O) groups excluding carboxylic acids is 1. The molecule has 10 nitrogen and oxygen atoms in total. The lowest BCUT2D eigenvalue weighted by molar-refractivity contribution is -0.385. The number of rotatable bonds is 6. The Hall–Kier alpha value is -3.82. The first kappa shape index (κ1) is 19.0. The van der Waals surface area contributed by atoms with Gasteiger partial charge in [-0.15, -0.1) is 0 Å². The Balaban J connectivity index is 1.71. The topological polar surface area (TPSA) is 122 Å². The van der Waals surface area contributed by atoms with Crippen LogP contribution in [0.5, 0.6) is 23.0 Å². The molecule has 28 heavy (non-hydrogen) atoms. The number of nitrogens with zero attached hydrogens (tertiary/aromatic N) is 2. The average molecular weight is 387 g/mol. The first-order valence-electron chi connectivity index (χ1n) is 8.15. The van der Waals surface area contributed by atoms with Gasteiger partial charge in [-0.1, -0.05) is 12.1 Å². The molecule has 3 rings (SSSR count). The summed E-state index contributed by atoms with van der Waals surface area (Å²) >= 11 is 0. The van der Waals surface area contributed by atoms with Crippen LogP contribution in [0.25, 0.3) is 0 Å². The van der Waals surface area contributed by atoms with E-state index < -0.39 is 16.9 Å². The van der Waals surface area contributed by atoms with Crippen LogP contribution in [0, 0.1) is 10.1 Å². The van der Waals surface area contributed by atoms with E-state index in [-0.39, 0.29) is 18.0 Å². The highest BCUT2D eigenvalue weighted by Gasteiger charge is 2.27. The molecule has 0 saturated heterocycles. The molecule has 1 unspecified atom stereocenters. The number of ether oxygens (including phenoxy) is 4. The van der Waals surface area contributed by atoms with E-state index >= 15 is 0 Å². The van der Waals surface area contributed by atoms with E-state index in [1.54, 1.807) is 24.3 Å². The van der Waals surface area contributed by atoms with Crippen LogP contribution >= 0.6 is 0 Å². The van der Waals surface area contributed by atoms with Crippen molar-refractivity contribution >= 4 is 17.8 Å². The van der Waals surface area contributed by atoms with Gasteiger partial charge in [0.2, 0.25) is 11.9 Å². The monoisotopic (exact) mass is 387 g/mol. The number of nitro groups is 1. The van der Waals surface area contributed by atoms with E-state index in [0.29, 0.717) is 22.8 Å². The fraction of sp³-hybridized carbons (Fsp3) is 0.222. The predicted octanol–water partition coefficient (Wildman–Crippen LogP) is 1.90. The van der Waals surface area contributed by atoms with E-state index in [9.17, 15) is 14.9 Å². The van der Waals surface area contributed by atoms with E-state index in [4.69, 9.17) is 18.9 Å². The Bertz CT molecular complexity index is 929. The fourth-order valence-corrected chi connectivity index (χ4v) is 2.54. The Labute approximate surface area is 159 Å². The molecule has 1 N–H and O–H groups in total. The van der Waals surface area contributed by atoms with E-state index in [0.717, 1.165) is 0 Å². The minimum atomic E-state index is -0.876. The largest absolute Gasteiger partial charge is 0.496 e. The van der Waals surface area contributed by atoms with Crippen molar-refractivity contribution in [3.8, 4) is 23.0 Å². The van der Waals surface area contributed by atoms with Crippen LogP contribution in [0.2, 0.25) is 0 Å². The third kappa shape index (κ3) is 3.95. The molecule has 0 aliphatic carbocycles. The number of amides is 1. The number of hydrazone groups is 1. The highest BCUT2D eigenvalue weighted by molar-refractivity contribution is 5.88. The maximum atomic E-state index is 12.2. The van der Waals surface area contributed by atoms with E-state index in [1.165, 1.54) is 32.6 Å². The van der Waals surface area contributed by atoms with Crippen molar-refractivity contribution < 1.29 is 28.7 Å². The second-order valence-electron chi connectivity index (χ2n) is 5.62. The maximum absolute atomic E-state index is 12.2. The third-order valence-corrected chi connectivity index (χ3v) is 3.91. The molecule has 0 fully saturated rings. The lowest BCUT2D eigenvalue weighted by Crippen LogP contribution is -2.42. The second-order valence-corrected chi connectivity index (χ2v) is 5.62. The van der Waals surface area contributed by atoms with Crippen molar-refractivity contribution in [2.24, 2.45) is 5.10 Å². The van der Waals surface area contributed by atoms with Gasteiger partial charge in [-0.25, -0.2) is 5.43 Å². The number of carbonyl (C=O) groups is 1. The van der Waals surface area contributed by atoms with E-state index in [1.807, 2.05) is 0 Å². The Kier molecular flexibility index (Phi) is 5.58.